The van der Waals surface area contributed by atoms with Gasteiger partial charge in [0.2, 0.25) is 11.8 Å². The fourth-order valence-corrected chi connectivity index (χ4v) is 4.01. The van der Waals surface area contributed by atoms with E-state index in [1.165, 1.54) is 36.4 Å². The SMILES string of the molecule is O=C(NCC1NC(=O)C(CNC(=O)c2ccc3c(c2)C(=O)OC3=O)NC1=O)c1ccc2c(c1)C(=O)OC2=O. The third-order valence-electron chi connectivity index (χ3n) is 6.01. The molecule has 2 unspecified atom stereocenters. The molecular formula is C24H16N4O10. The highest BCUT2D eigenvalue weighted by Gasteiger charge is 2.35. The maximum Gasteiger partial charge on any atom is 0.346 e. The first-order chi connectivity index (χ1) is 18.1. The van der Waals surface area contributed by atoms with Gasteiger partial charge in [-0.15, -0.1) is 0 Å². The van der Waals surface area contributed by atoms with Crippen molar-refractivity contribution in [2.75, 3.05) is 13.1 Å². The zero-order valence-corrected chi connectivity index (χ0v) is 19.1. The molecule has 4 amide bonds. The number of fused-ring (bicyclic) bond motifs is 2. The maximum absolute atomic E-state index is 12.5. The third-order valence-corrected chi connectivity index (χ3v) is 6.01. The monoisotopic (exact) mass is 520 g/mol. The number of carbonyl (C=O) groups excluding carboxylic acids is 8. The minimum absolute atomic E-state index is 0.0392. The number of nitrogens with one attached hydrogen (secondary N) is 4. The van der Waals surface area contributed by atoms with Crippen molar-refractivity contribution < 1.29 is 47.8 Å². The van der Waals surface area contributed by atoms with E-state index in [0.29, 0.717) is 0 Å². The number of amides is 4. The van der Waals surface area contributed by atoms with Crippen molar-refractivity contribution in [3.05, 3.63) is 69.8 Å². The van der Waals surface area contributed by atoms with Gasteiger partial charge in [0.05, 0.1) is 22.3 Å². The molecule has 0 radical (unpaired) electrons. The van der Waals surface area contributed by atoms with Crippen molar-refractivity contribution in [2.24, 2.45) is 0 Å². The maximum atomic E-state index is 12.5. The Morgan fingerprint density at radius 2 is 0.974 bits per heavy atom. The quantitative estimate of drug-likeness (QED) is 0.255. The molecule has 38 heavy (non-hydrogen) atoms. The van der Waals surface area contributed by atoms with Crippen LogP contribution in [0.5, 0.6) is 0 Å². The van der Waals surface area contributed by atoms with Crippen LogP contribution in [0.1, 0.15) is 62.1 Å². The highest BCUT2D eigenvalue weighted by atomic mass is 16.6. The fraction of sp³-hybridized carbons (Fsp3) is 0.167. The number of hydrogen-bond acceptors (Lipinski definition) is 10. The summed E-state index contributed by atoms with van der Waals surface area (Å²) in [4.78, 5) is 96.3. The zero-order valence-electron chi connectivity index (χ0n) is 19.1. The number of benzene rings is 2. The van der Waals surface area contributed by atoms with Gasteiger partial charge >= 0.3 is 23.9 Å². The number of piperazine rings is 1. The topological polar surface area (TPSA) is 203 Å². The van der Waals surface area contributed by atoms with Gasteiger partial charge in [-0.05, 0) is 36.4 Å². The lowest BCUT2D eigenvalue weighted by Crippen LogP contribution is -2.66. The first-order valence-electron chi connectivity index (χ1n) is 11.1. The van der Waals surface area contributed by atoms with E-state index in [0.717, 1.165) is 0 Å². The molecule has 14 nitrogen and oxygen atoms in total. The lowest BCUT2D eigenvalue weighted by Gasteiger charge is -2.29. The van der Waals surface area contributed by atoms with E-state index >= 15 is 0 Å². The summed E-state index contributed by atoms with van der Waals surface area (Å²) in [7, 11) is 0. The van der Waals surface area contributed by atoms with Gasteiger partial charge in [0.1, 0.15) is 12.1 Å². The van der Waals surface area contributed by atoms with E-state index in [1.54, 1.807) is 0 Å². The molecule has 2 aromatic rings. The van der Waals surface area contributed by atoms with E-state index in [9.17, 15) is 38.4 Å². The molecule has 5 rings (SSSR count). The summed E-state index contributed by atoms with van der Waals surface area (Å²) >= 11 is 0. The van der Waals surface area contributed by atoms with Gasteiger partial charge in [0.25, 0.3) is 11.8 Å². The van der Waals surface area contributed by atoms with E-state index in [-0.39, 0.29) is 46.5 Å². The molecule has 1 fully saturated rings. The summed E-state index contributed by atoms with van der Waals surface area (Å²) < 4.78 is 8.95. The Morgan fingerprint density at radius 1 is 0.605 bits per heavy atom. The zero-order chi connectivity index (χ0) is 27.1. The van der Waals surface area contributed by atoms with Crippen LogP contribution in [-0.4, -0.2) is 72.7 Å². The van der Waals surface area contributed by atoms with Crippen molar-refractivity contribution in [3.8, 4) is 0 Å². The summed E-state index contributed by atoms with van der Waals surface area (Å²) in [6, 6.07) is 5.34. The Hall–Kier alpha value is -5.40. The number of rotatable bonds is 6. The molecule has 3 aliphatic heterocycles. The first-order valence-corrected chi connectivity index (χ1v) is 11.1. The van der Waals surface area contributed by atoms with E-state index < -0.39 is 59.6 Å². The lowest BCUT2D eigenvalue weighted by molar-refractivity contribution is -0.136. The van der Waals surface area contributed by atoms with Crippen LogP contribution in [0.15, 0.2) is 36.4 Å². The molecule has 2 atom stereocenters. The largest absolute Gasteiger partial charge is 0.386 e. The van der Waals surface area contributed by atoms with Crippen molar-refractivity contribution in [3.63, 3.8) is 0 Å². The smallest absolute Gasteiger partial charge is 0.346 e. The van der Waals surface area contributed by atoms with Crippen LogP contribution in [0.4, 0.5) is 0 Å². The lowest BCUT2D eigenvalue weighted by atomic mass is 10.0. The number of cyclic esters (lactones) is 4. The summed E-state index contributed by atoms with van der Waals surface area (Å²) in [6.45, 7) is -0.556. The van der Waals surface area contributed by atoms with Gasteiger partial charge in [0.15, 0.2) is 0 Å². The second kappa shape index (κ2) is 9.24. The molecule has 0 bridgehead atoms. The summed E-state index contributed by atoms with van der Waals surface area (Å²) in [5, 5.41) is 9.84. The number of ether oxygens (including phenoxy) is 2. The molecule has 0 aromatic heterocycles. The molecule has 14 heteroatoms. The van der Waals surface area contributed by atoms with Crippen molar-refractivity contribution in [2.45, 2.75) is 12.1 Å². The molecule has 3 heterocycles. The van der Waals surface area contributed by atoms with Crippen molar-refractivity contribution in [1.29, 1.82) is 0 Å². The molecule has 1 saturated heterocycles. The standard InChI is InChI=1S/C24H16N4O10/c29-17(9-1-3-11-13(5-9)23(35)37-21(11)33)25-7-15-19(31)28-16(20(32)27-15)8-26-18(30)10-2-4-12-14(6-10)24(36)38-22(12)34/h1-6,15-16H,7-8H2,(H,25,29)(H,26,30)(H,27,32)(H,28,31). The van der Waals surface area contributed by atoms with Gasteiger partial charge in [-0.25, -0.2) is 19.2 Å². The molecular weight excluding hydrogens is 504 g/mol. The van der Waals surface area contributed by atoms with Gasteiger partial charge in [-0.1, -0.05) is 0 Å². The van der Waals surface area contributed by atoms with Crippen LogP contribution in [0.2, 0.25) is 0 Å². The number of carbonyl (C=O) groups is 8. The average molecular weight is 520 g/mol. The van der Waals surface area contributed by atoms with Crippen molar-refractivity contribution in [1.82, 2.24) is 21.3 Å². The molecule has 4 N–H and O–H groups in total. The van der Waals surface area contributed by atoms with Gasteiger partial charge in [-0.3, -0.25) is 19.2 Å². The molecule has 192 valence electrons. The fourth-order valence-electron chi connectivity index (χ4n) is 4.01. The second-order valence-electron chi connectivity index (χ2n) is 8.42. The van der Waals surface area contributed by atoms with Gasteiger partial charge < -0.3 is 30.7 Å². The minimum Gasteiger partial charge on any atom is -0.386 e. The van der Waals surface area contributed by atoms with Crippen molar-refractivity contribution >= 4 is 47.5 Å². The van der Waals surface area contributed by atoms with Crippen LogP contribution in [0.25, 0.3) is 0 Å². The Kier molecular flexibility index (Phi) is 5.91. The van der Waals surface area contributed by atoms with Crippen LogP contribution < -0.4 is 21.3 Å². The minimum atomic E-state index is -1.11. The van der Waals surface area contributed by atoms with Crippen LogP contribution in [0, 0.1) is 0 Å². The van der Waals surface area contributed by atoms with Gasteiger partial charge in [0, 0.05) is 24.2 Å². The summed E-state index contributed by atoms with van der Waals surface area (Å²) in [6.07, 6.45) is 0. The predicted molar refractivity (Wildman–Crippen MR) is 121 cm³/mol. The Labute approximate surface area is 212 Å². The number of hydrogen-bond donors (Lipinski definition) is 4. The Bertz CT molecular complexity index is 1390. The molecule has 0 saturated carbocycles. The number of esters is 4. The normalized spacial score (nSPS) is 19.6. The van der Waals surface area contributed by atoms with E-state index in [4.69, 9.17) is 0 Å². The van der Waals surface area contributed by atoms with Gasteiger partial charge in [-0.2, -0.15) is 0 Å². The summed E-state index contributed by atoms with van der Waals surface area (Å²) in [5.74, 6) is -5.91. The highest BCUT2D eigenvalue weighted by molar-refractivity contribution is 6.16. The average Bonchev–Trinajstić information content (AvgIpc) is 3.35. The highest BCUT2D eigenvalue weighted by Crippen LogP contribution is 2.22. The molecule has 2 aromatic carbocycles. The molecule has 0 aliphatic carbocycles. The summed E-state index contributed by atoms with van der Waals surface area (Å²) in [5.41, 5.74) is 0.0642. The van der Waals surface area contributed by atoms with Crippen LogP contribution in [-0.2, 0) is 19.1 Å². The van der Waals surface area contributed by atoms with E-state index in [2.05, 4.69) is 30.7 Å². The predicted octanol–water partition coefficient (Wildman–Crippen LogP) is -1.55. The second-order valence-corrected chi connectivity index (χ2v) is 8.42. The molecule has 3 aliphatic rings. The first kappa shape index (κ1) is 24.3. The molecule has 0 spiro atoms. The Morgan fingerprint density at radius 3 is 1.37 bits per heavy atom. The van der Waals surface area contributed by atoms with E-state index in [1.807, 2.05) is 0 Å². The van der Waals surface area contributed by atoms with Crippen LogP contribution in [0.3, 0.4) is 0 Å². The van der Waals surface area contributed by atoms with Crippen LogP contribution >= 0.6 is 0 Å². The third kappa shape index (κ3) is 4.34. The Balaban J connectivity index is 1.14.